The molecule has 0 aliphatic carbocycles. The van der Waals surface area contributed by atoms with Crippen LogP contribution in [0.4, 0.5) is 0 Å². The minimum Gasteiger partial charge on any atom is -0.338 e. The lowest BCUT2D eigenvalue weighted by atomic mass is 9.91. The molecule has 0 spiro atoms. The van der Waals surface area contributed by atoms with Crippen molar-refractivity contribution in [3.8, 4) is 0 Å². The van der Waals surface area contributed by atoms with Gasteiger partial charge in [0.25, 0.3) is 5.91 Å². The standard InChI is InChI=1S/C19H27N3O2/c1-14-7-9-22(17(10-14)12-20)19(24)16-5-2-4-15(11-16)13-21-8-3-6-18(21)23/h2,4-5,11,14,17H,3,6-10,12-13,20H2,1H3. The summed E-state index contributed by atoms with van der Waals surface area (Å²) in [4.78, 5) is 28.5. The number of likely N-dealkylation sites (tertiary alicyclic amines) is 2. The van der Waals surface area contributed by atoms with Crippen LogP contribution in [-0.4, -0.2) is 47.3 Å². The van der Waals surface area contributed by atoms with Crippen LogP contribution in [0.1, 0.15) is 48.5 Å². The van der Waals surface area contributed by atoms with E-state index in [1.807, 2.05) is 34.1 Å². The van der Waals surface area contributed by atoms with Gasteiger partial charge < -0.3 is 15.5 Å². The Balaban J connectivity index is 1.73. The first-order valence-corrected chi connectivity index (χ1v) is 8.96. The van der Waals surface area contributed by atoms with Gasteiger partial charge in [-0.05, 0) is 42.9 Å². The summed E-state index contributed by atoms with van der Waals surface area (Å²) in [6.07, 6.45) is 3.58. The summed E-state index contributed by atoms with van der Waals surface area (Å²) >= 11 is 0. The zero-order valence-corrected chi connectivity index (χ0v) is 14.4. The van der Waals surface area contributed by atoms with Gasteiger partial charge in [-0.1, -0.05) is 19.1 Å². The molecule has 2 saturated heterocycles. The van der Waals surface area contributed by atoms with E-state index >= 15 is 0 Å². The Morgan fingerprint density at radius 2 is 2.17 bits per heavy atom. The lowest BCUT2D eigenvalue weighted by molar-refractivity contribution is -0.128. The molecule has 2 amide bonds. The van der Waals surface area contributed by atoms with Crippen LogP contribution in [0, 0.1) is 5.92 Å². The van der Waals surface area contributed by atoms with Crippen molar-refractivity contribution in [1.82, 2.24) is 9.80 Å². The fourth-order valence-corrected chi connectivity index (χ4v) is 3.80. The van der Waals surface area contributed by atoms with Crippen molar-refractivity contribution in [1.29, 1.82) is 0 Å². The number of carbonyl (C=O) groups is 2. The fraction of sp³-hybridized carbons (Fsp3) is 0.579. The molecule has 24 heavy (non-hydrogen) atoms. The molecule has 2 heterocycles. The maximum atomic E-state index is 12.9. The summed E-state index contributed by atoms with van der Waals surface area (Å²) in [7, 11) is 0. The van der Waals surface area contributed by atoms with Crippen molar-refractivity contribution >= 4 is 11.8 Å². The van der Waals surface area contributed by atoms with Gasteiger partial charge in [-0.25, -0.2) is 0 Å². The average molecular weight is 329 g/mol. The van der Waals surface area contributed by atoms with Gasteiger partial charge in [0.1, 0.15) is 0 Å². The van der Waals surface area contributed by atoms with Crippen LogP contribution >= 0.6 is 0 Å². The molecule has 5 heteroatoms. The van der Waals surface area contributed by atoms with Gasteiger partial charge in [0.2, 0.25) is 5.91 Å². The van der Waals surface area contributed by atoms with E-state index in [1.54, 1.807) is 0 Å². The van der Waals surface area contributed by atoms with Gasteiger partial charge in [0, 0.05) is 44.2 Å². The molecule has 2 aliphatic rings. The number of rotatable bonds is 4. The van der Waals surface area contributed by atoms with Crippen LogP contribution in [0.25, 0.3) is 0 Å². The number of hydrogen-bond acceptors (Lipinski definition) is 3. The van der Waals surface area contributed by atoms with E-state index in [9.17, 15) is 9.59 Å². The minimum absolute atomic E-state index is 0.0620. The average Bonchev–Trinajstić information content (AvgIpc) is 2.99. The highest BCUT2D eigenvalue weighted by molar-refractivity contribution is 5.94. The fourth-order valence-electron chi connectivity index (χ4n) is 3.80. The summed E-state index contributed by atoms with van der Waals surface area (Å²) in [5, 5.41) is 0. The Morgan fingerprint density at radius 1 is 1.33 bits per heavy atom. The zero-order valence-electron chi connectivity index (χ0n) is 14.4. The van der Waals surface area contributed by atoms with Crippen LogP contribution in [0.15, 0.2) is 24.3 Å². The Labute approximate surface area is 143 Å². The van der Waals surface area contributed by atoms with Crippen LogP contribution in [-0.2, 0) is 11.3 Å². The SMILES string of the molecule is CC1CCN(C(=O)c2cccc(CN3CCCC3=O)c2)C(CN)C1. The predicted molar refractivity (Wildman–Crippen MR) is 93.4 cm³/mol. The molecule has 0 saturated carbocycles. The monoisotopic (exact) mass is 329 g/mol. The van der Waals surface area contributed by atoms with Crippen molar-refractivity contribution in [2.24, 2.45) is 11.7 Å². The molecule has 3 rings (SSSR count). The van der Waals surface area contributed by atoms with Crippen molar-refractivity contribution in [2.75, 3.05) is 19.6 Å². The van der Waals surface area contributed by atoms with Crippen molar-refractivity contribution in [2.45, 2.75) is 45.2 Å². The van der Waals surface area contributed by atoms with Gasteiger partial charge in [0.15, 0.2) is 0 Å². The first-order chi connectivity index (χ1) is 11.6. The topological polar surface area (TPSA) is 66.6 Å². The largest absolute Gasteiger partial charge is 0.338 e. The molecule has 2 atom stereocenters. The minimum atomic E-state index is 0.0620. The third kappa shape index (κ3) is 3.61. The summed E-state index contributed by atoms with van der Waals surface area (Å²) in [5.41, 5.74) is 7.61. The number of piperidine rings is 1. The maximum absolute atomic E-state index is 12.9. The molecule has 0 bridgehead atoms. The van der Waals surface area contributed by atoms with Crippen LogP contribution < -0.4 is 5.73 Å². The third-order valence-electron chi connectivity index (χ3n) is 5.23. The highest BCUT2D eigenvalue weighted by atomic mass is 16.2. The Morgan fingerprint density at radius 3 is 2.88 bits per heavy atom. The number of benzene rings is 1. The van der Waals surface area contributed by atoms with Gasteiger partial charge in [0.05, 0.1) is 0 Å². The first-order valence-electron chi connectivity index (χ1n) is 8.96. The van der Waals surface area contributed by atoms with Crippen LogP contribution in [0.3, 0.4) is 0 Å². The predicted octanol–water partition coefficient (Wildman–Crippen LogP) is 2.01. The molecule has 130 valence electrons. The Hall–Kier alpha value is -1.88. The molecule has 0 radical (unpaired) electrons. The van der Waals surface area contributed by atoms with E-state index in [4.69, 9.17) is 5.73 Å². The molecule has 2 aliphatic heterocycles. The number of nitrogens with two attached hydrogens (primary N) is 1. The summed E-state index contributed by atoms with van der Waals surface area (Å²) < 4.78 is 0. The molecule has 1 aromatic rings. The van der Waals surface area contributed by atoms with Crippen LogP contribution in [0.2, 0.25) is 0 Å². The van der Waals surface area contributed by atoms with Gasteiger partial charge in [-0.2, -0.15) is 0 Å². The van der Waals surface area contributed by atoms with E-state index in [1.165, 1.54) is 0 Å². The molecular formula is C19H27N3O2. The quantitative estimate of drug-likeness (QED) is 0.919. The van der Waals surface area contributed by atoms with Gasteiger partial charge in [-0.15, -0.1) is 0 Å². The number of carbonyl (C=O) groups excluding carboxylic acids is 2. The molecule has 2 N–H and O–H groups in total. The van der Waals surface area contributed by atoms with E-state index < -0.39 is 0 Å². The maximum Gasteiger partial charge on any atom is 0.254 e. The molecule has 1 aromatic carbocycles. The number of amides is 2. The summed E-state index contributed by atoms with van der Waals surface area (Å²) in [5.74, 6) is 0.891. The van der Waals surface area contributed by atoms with Gasteiger partial charge >= 0.3 is 0 Å². The second-order valence-corrected chi connectivity index (χ2v) is 7.14. The molecule has 0 aromatic heterocycles. The second-order valence-electron chi connectivity index (χ2n) is 7.14. The lowest BCUT2D eigenvalue weighted by Crippen LogP contribution is -2.49. The first kappa shape index (κ1) is 17.0. The van der Waals surface area contributed by atoms with Gasteiger partial charge in [-0.3, -0.25) is 9.59 Å². The van der Waals surface area contributed by atoms with Crippen molar-refractivity contribution in [3.63, 3.8) is 0 Å². The van der Waals surface area contributed by atoms with Crippen molar-refractivity contribution in [3.05, 3.63) is 35.4 Å². The molecule has 5 nitrogen and oxygen atoms in total. The van der Waals surface area contributed by atoms with Crippen molar-refractivity contribution < 1.29 is 9.59 Å². The Bertz CT molecular complexity index is 616. The van der Waals surface area contributed by atoms with Crippen LogP contribution in [0.5, 0.6) is 0 Å². The lowest BCUT2D eigenvalue weighted by Gasteiger charge is -2.38. The second kappa shape index (κ2) is 7.34. The van der Waals surface area contributed by atoms with E-state index in [0.717, 1.165) is 37.9 Å². The highest BCUT2D eigenvalue weighted by Crippen LogP contribution is 2.24. The van der Waals surface area contributed by atoms with E-state index in [-0.39, 0.29) is 17.9 Å². The van der Waals surface area contributed by atoms with E-state index in [0.29, 0.717) is 31.0 Å². The zero-order chi connectivity index (χ0) is 17.1. The smallest absolute Gasteiger partial charge is 0.254 e. The number of hydrogen-bond donors (Lipinski definition) is 1. The number of nitrogens with zero attached hydrogens (tertiary/aromatic N) is 2. The van der Waals surface area contributed by atoms with E-state index in [2.05, 4.69) is 6.92 Å². The molecule has 2 fully saturated rings. The highest BCUT2D eigenvalue weighted by Gasteiger charge is 2.29. The summed E-state index contributed by atoms with van der Waals surface area (Å²) in [6.45, 7) is 4.92. The normalized spacial score (nSPS) is 24.5. The summed E-state index contributed by atoms with van der Waals surface area (Å²) in [6, 6.07) is 7.82. The Kier molecular flexibility index (Phi) is 5.19. The molecular weight excluding hydrogens is 302 g/mol. The molecule has 2 unspecified atom stereocenters. The third-order valence-corrected chi connectivity index (χ3v) is 5.23.